The number of hydrogen-bond donors (Lipinski definition) is 0. The average molecular weight is 213 g/mol. The summed E-state index contributed by atoms with van der Waals surface area (Å²) >= 11 is 5.36. The molecule has 0 aliphatic rings. The lowest BCUT2D eigenvalue weighted by atomic mass is 10.2. The van der Waals surface area contributed by atoms with Gasteiger partial charge in [-0.05, 0) is 37.1 Å². The topological polar surface area (TPSA) is 26.3 Å². The lowest BCUT2D eigenvalue weighted by Gasteiger charge is -2.13. The number of ether oxygens (including phenoxy) is 1. The van der Waals surface area contributed by atoms with E-state index in [1.54, 1.807) is 0 Å². The Bertz CT molecular complexity index is 306. The van der Waals surface area contributed by atoms with E-state index < -0.39 is 11.3 Å². The molecule has 76 valence electrons. The maximum absolute atomic E-state index is 10.9. The van der Waals surface area contributed by atoms with Crippen molar-refractivity contribution in [3.05, 3.63) is 29.8 Å². The molecule has 14 heavy (non-hydrogen) atoms. The Morgan fingerprint density at radius 3 is 2.43 bits per heavy atom. The van der Waals surface area contributed by atoms with Crippen molar-refractivity contribution < 1.29 is 9.53 Å². The maximum atomic E-state index is 10.9. The Kier molecular flexibility index (Phi) is 3.96. The Morgan fingerprint density at radius 2 is 2.00 bits per heavy atom. The maximum Gasteiger partial charge on any atom is 0.262 e. The first-order chi connectivity index (χ1) is 6.63. The van der Waals surface area contributed by atoms with Crippen LogP contribution < -0.4 is 4.74 Å². The molecule has 1 atom stereocenters. The minimum Gasteiger partial charge on any atom is -0.481 e. The summed E-state index contributed by atoms with van der Waals surface area (Å²) in [5, 5.41) is -0.451. The molecule has 0 amide bonds. The molecule has 0 saturated carbocycles. The van der Waals surface area contributed by atoms with Crippen LogP contribution in [0.15, 0.2) is 24.3 Å². The predicted molar refractivity (Wildman–Crippen MR) is 56.7 cm³/mol. The van der Waals surface area contributed by atoms with E-state index in [0.717, 1.165) is 5.56 Å². The zero-order valence-electron chi connectivity index (χ0n) is 8.29. The third-order valence-electron chi connectivity index (χ3n) is 1.92. The van der Waals surface area contributed by atoms with Crippen LogP contribution in [0.2, 0.25) is 0 Å². The van der Waals surface area contributed by atoms with E-state index in [2.05, 4.69) is 0 Å². The van der Waals surface area contributed by atoms with Crippen LogP contribution in [0.3, 0.4) is 0 Å². The van der Waals surface area contributed by atoms with Gasteiger partial charge in [0.05, 0.1) is 0 Å². The van der Waals surface area contributed by atoms with Gasteiger partial charge in [0, 0.05) is 0 Å². The fraction of sp³-hybridized carbons (Fsp3) is 0.364. The van der Waals surface area contributed by atoms with Gasteiger partial charge in [-0.25, -0.2) is 0 Å². The van der Waals surface area contributed by atoms with Crippen molar-refractivity contribution >= 4 is 16.8 Å². The summed E-state index contributed by atoms with van der Waals surface area (Å²) in [6.45, 7) is 3.85. The summed E-state index contributed by atoms with van der Waals surface area (Å²) in [5.74, 6) is 0.677. The number of halogens is 1. The summed E-state index contributed by atoms with van der Waals surface area (Å²) in [5.41, 5.74) is 1.16. The number of hydrogen-bond acceptors (Lipinski definition) is 2. The lowest BCUT2D eigenvalue weighted by molar-refractivity contribution is -0.117. The van der Waals surface area contributed by atoms with Crippen LogP contribution in [0.25, 0.3) is 0 Å². The molecule has 0 aliphatic carbocycles. The van der Waals surface area contributed by atoms with Gasteiger partial charge in [-0.15, -0.1) is 0 Å². The number of benzene rings is 1. The van der Waals surface area contributed by atoms with Gasteiger partial charge >= 0.3 is 0 Å². The van der Waals surface area contributed by atoms with Crippen molar-refractivity contribution in [1.29, 1.82) is 0 Å². The molecule has 1 aromatic rings. The molecular formula is C11H13ClO2. The number of aryl methyl sites for hydroxylation is 1. The van der Waals surface area contributed by atoms with Crippen LogP contribution in [-0.2, 0) is 4.79 Å². The number of carbonyl (C=O) groups excluding carboxylic acids is 1. The molecule has 0 radical (unpaired) electrons. The van der Waals surface area contributed by atoms with Gasteiger partial charge in [0.15, 0.2) is 6.10 Å². The third kappa shape index (κ3) is 3.04. The fourth-order valence-electron chi connectivity index (χ4n) is 1.07. The second kappa shape index (κ2) is 5.01. The standard InChI is InChI=1S/C11H13ClO2/c1-3-10(11(12)13)14-9-6-4-8(2)5-7-9/h4-7,10H,3H2,1-2H3/t10-/m0/s1. The molecule has 0 unspecified atom stereocenters. The van der Waals surface area contributed by atoms with Crippen molar-refractivity contribution in [2.45, 2.75) is 26.4 Å². The van der Waals surface area contributed by atoms with E-state index in [0.29, 0.717) is 12.2 Å². The first-order valence-corrected chi connectivity index (χ1v) is 4.94. The molecule has 0 aromatic heterocycles. The van der Waals surface area contributed by atoms with E-state index in [1.165, 1.54) is 0 Å². The first kappa shape index (κ1) is 11.1. The molecule has 2 nitrogen and oxygen atoms in total. The predicted octanol–water partition coefficient (Wildman–Crippen LogP) is 2.92. The molecule has 0 bridgehead atoms. The minimum atomic E-state index is -0.542. The Balaban J connectivity index is 2.67. The molecule has 0 aliphatic heterocycles. The third-order valence-corrected chi connectivity index (χ3v) is 2.17. The minimum absolute atomic E-state index is 0.451. The second-order valence-electron chi connectivity index (χ2n) is 3.13. The monoisotopic (exact) mass is 212 g/mol. The smallest absolute Gasteiger partial charge is 0.262 e. The van der Waals surface area contributed by atoms with Crippen molar-refractivity contribution in [3.63, 3.8) is 0 Å². The van der Waals surface area contributed by atoms with Crippen molar-refractivity contribution in [1.82, 2.24) is 0 Å². The van der Waals surface area contributed by atoms with Crippen LogP contribution in [0, 0.1) is 6.92 Å². The van der Waals surface area contributed by atoms with Gasteiger partial charge in [-0.2, -0.15) is 0 Å². The van der Waals surface area contributed by atoms with Gasteiger partial charge in [0.25, 0.3) is 5.24 Å². The molecule has 0 N–H and O–H groups in total. The summed E-state index contributed by atoms with van der Waals surface area (Å²) in [4.78, 5) is 10.9. The van der Waals surface area contributed by atoms with Crippen molar-refractivity contribution in [3.8, 4) is 5.75 Å². The highest BCUT2D eigenvalue weighted by Gasteiger charge is 2.15. The normalized spacial score (nSPS) is 12.2. The SMILES string of the molecule is CC[C@H](Oc1ccc(C)cc1)C(=O)Cl. The van der Waals surface area contributed by atoms with E-state index in [4.69, 9.17) is 16.3 Å². The van der Waals surface area contributed by atoms with Crippen LogP contribution in [-0.4, -0.2) is 11.3 Å². The highest BCUT2D eigenvalue weighted by Crippen LogP contribution is 2.15. The molecule has 0 fully saturated rings. The largest absolute Gasteiger partial charge is 0.481 e. The van der Waals surface area contributed by atoms with Gasteiger partial charge in [-0.3, -0.25) is 4.79 Å². The van der Waals surface area contributed by atoms with Crippen LogP contribution in [0.5, 0.6) is 5.75 Å². The van der Waals surface area contributed by atoms with E-state index in [1.807, 2.05) is 38.1 Å². The molecule has 0 saturated heterocycles. The molecule has 3 heteroatoms. The van der Waals surface area contributed by atoms with Crippen molar-refractivity contribution in [2.75, 3.05) is 0 Å². The zero-order valence-corrected chi connectivity index (χ0v) is 9.04. The molecular weight excluding hydrogens is 200 g/mol. The average Bonchev–Trinajstić information content (AvgIpc) is 2.16. The van der Waals surface area contributed by atoms with Gasteiger partial charge in [-0.1, -0.05) is 24.6 Å². The summed E-state index contributed by atoms with van der Waals surface area (Å²) in [7, 11) is 0. The van der Waals surface area contributed by atoms with E-state index in [-0.39, 0.29) is 0 Å². The van der Waals surface area contributed by atoms with E-state index in [9.17, 15) is 4.79 Å². The molecule has 1 rings (SSSR count). The zero-order chi connectivity index (χ0) is 10.6. The van der Waals surface area contributed by atoms with Crippen LogP contribution in [0.1, 0.15) is 18.9 Å². The number of carbonyl (C=O) groups is 1. The number of rotatable bonds is 4. The highest BCUT2D eigenvalue weighted by molar-refractivity contribution is 6.64. The summed E-state index contributed by atoms with van der Waals surface area (Å²) < 4.78 is 5.40. The molecule has 1 aromatic carbocycles. The lowest BCUT2D eigenvalue weighted by Crippen LogP contribution is -2.22. The van der Waals surface area contributed by atoms with Crippen LogP contribution >= 0.6 is 11.6 Å². The summed E-state index contributed by atoms with van der Waals surface area (Å²) in [6, 6.07) is 7.52. The fourth-order valence-corrected chi connectivity index (χ4v) is 1.27. The Hall–Kier alpha value is -1.02. The van der Waals surface area contributed by atoms with Crippen molar-refractivity contribution in [2.24, 2.45) is 0 Å². The highest BCUT2D eigenvalue weighted by atomic mass is 35.5. The Labute approximate surface area is 88.8 Å². The summed E-state index contributed by atoms with van der Waals surface area (Å²) in [6.07, 6.45) is 0.0373. The second-order valence-corrected chi connectivity index (χ2v) is 3.50. The van der Waals surface area contributed by atoms with Gasteiger partial charge in [0.1, 0.15) is 5.75 Å². The van der Waals surface area contributed by atoms with Gasteiger partial charge in [0.2, 0.25) is 0 Å². The van der Waals surface area contributed by atoms with Crippen LogP contribution in [0.4, 0.5) is 0 Å². The Morgan fingerprint density at radius 1 is 1.43 bits per heavy atom. The molecule has 0 heterocycles. The first-order valence-electron chi connectivity index (χ1n) is 4.56. The quantitative estimate of drug-likeness (QED) is 0.718. The van der Waals surface area contributed by atoms with E-state index >= 15 is 0 Å². The van der Waals surface area contributed by atoms with Gasteiger partial charge < -0.3 is 4.74 Å². The molecule has 0 spiro atoms.